The summed E-state index contributed by atoms with van der Waals surface area (Å²) >= 11 is 0. The lowest BCUT2D eigenvalue weighted by molar-refractivity contribution is 0.0604. The van der Waals surface area contributed by atoms with Crippen LogP contribution in [0, 0.1) is 0 Å². The molecular formula is C12H16O3. The molecule has 0 radical (unpaired) electrons. The molecule has 1 aromatic carbocycles. The summed E-state index contributed by atoms with van der Waals surface area (Å²) in [5, 5.41) is 9.60. The maximum atomic E-state index is 9.60. The van der Waals surface area contributed by atoms with Gasteiger partial charge in [-0.15, -0.1) is 0 Å². The van der Waals surface area contributed by atoms with E-state index in [1.165, 1.54) is 0 Å². The van der Waals surface area contributed by atoms with Crippen molar-refractivity contribution in [1.82, 2.24) is 0 Å². The van der Waals surface area contributed by atoms with E-state index in [2.05, 4.69) is 0 Å². The van der Waals surface area contributed by atoms with Crippen LogP contribution in [0.15, 0.2) is 24.3 Å². The van der Waals surface area contributed by atoms with Crippen LogP contribution in [0.25, 0.3) is 0 Å². The molecule has 1 fully saturated rings. The second kappa shape index (κ2) is 4.53. The number of aliphatic hydroxyl groups excluding tert-OH is 1. The monoisotopic (exact) mass is 208 g/mol. The molecule has 0 aromatic heterocycles. The van der Waals surface area contributed by atoms with Crippen LogP contribution in [0.4, 0.5) is 0 Å². The Morgan fingerprint density at radius 2 is 1.80 bits per heavy atom. The van der Waals surface area contributed by atoms with E-state index in [4.69, 9.17) is 9.47 Å². The van der Waals surface area contributed by atoms with E-state index in [9.17, 15) is 5.11 Å². The van der Waals surface area contributed by atoms with Gasteiger partial charge in [0.05, 0.1) is 13.2 Å². The van der Waals surface area contributed by atoms with Gasteiger partial charge in [0.25, 0.3) is 0 Å². The van der Waals surface area contributed by atoms with E-state index < -0.39 is 0 Å². The molecule has 82 valence electrons. The molecule has 0 amide bonds. The molecule has 1 aliphatic rings. The van der Waals surface area contributed by atoms with Gasteiger partial charge in [-0.25, -0.2) is 0 Å². The third kappa shape index (κ3) is 2.42. The third-order valence-corrected chi connectivity index (χ3v) is 2.76. The van der Waals surface area contributed by atoms with Crippen LogP contribution in [0.3, 0.4) is 0 Å². The third-order valence-electron chi connectivity index (χ3n) is 2.76. The van der Waals surface area contributed by atoms with Gasteiger partial charge in [-0.05, 0) is 43.5 Å². The van der Waals surface area contributed by atoms with Gasteiger partial charge in [-0.1, -0.05) is 0 Å². The van der Waals surface area contributed by atoms with E-state index in [-0.39, 0.29) is 12.2 Å². The van der Waals surface area contributed by atoms with E-state index >= 15 is 0 Å². The fourth-order valence-corrected chi connectivity index (χ4v) is 1.87. The van der Waals surface area contributed by atoms with Crippen molar-refractivity contribution in [2.75, 3.05) is 7.11 Å². The second-order valence-electron chi connectivity index (χ2n) is 3.83. The second-order valence-corrected chi connectivity index (χ2v) is 3.83. The Morgan fingerprint density at radius 3 is 2.33 bits per heavy atom. The summed E-state index contributed by atoms with van der Waals surface area (Å²) in [6.07, 6.45) is 2.47. The molecule has 0 bridgehead atoms. The summed E-state index contributed by atoms with van der Waals surface area (Å²) in [6.45, 7) is 0. The molecule has 15 heavy (non-hydrogen) atoms. The van der Waals surface area contributed by atoms with Gasteiger partial charge in [0, 0.05) is 0 Å². The Kier molecular flexibility index (Phi) is 3.11. The van der Waals surface area contributed by atoms with Gasteiger partial charge < -0.3 is 14.6 Å². The highest BCUT2D eigenvalue weighted by Crippen LogP contribution is 2.25. The van der Waals surface area contributed by atoms with Crippen molar-refractivity contribution < 1.29 is 14.6 Å². The minimum Gasteiger partial charge on any atom is -0.497 e. The molecule has 2 atom stereocenters. The summed E-state index contributed by atoms with van der Waals surface area (Å²) in [7, 11) is 1.64. The fraction of sp³-hybridized carbons (Fsp3) is 0.500. The molecule has 3 heteroatoms. The summed E-state index contributed by atoms with van der Waals surface area (Å²) in [4.78, 5) is 0. The zero-order chi connectivity index (χ0) is 10.7. The van der Waals surface area contributed by atoms with Crippen molar-refractivity contribution in [1.29, 1.82) is 0 Å². The predicted octanol–water partition coefficient (Wildman–Crippen LogP) is 1.99. The number of benzene rings is 1. The van der Waals surface area contributed by atoms with Crippen LogP contribution >= 0.6 is 0 Å². The van der Waals surface area contributed by atoms with E-state index in [1.807, 2.05) is 24.3 Å². The van der Waals surface area contributed by atoms with Crippen LogP contribution in [0.1, 0.15) is 19.3 Å². The summed E-state index contributed by atoms with van der Waals surface area (Å²) in [5.74, 6) is 1.61. The zero-order valence-corrected chi connectivity index (χ0v) is 8.85. The Balaban J connectivity index is 1.98. The highest BCUT2D eigenvalue weighted by molar-refractivity contribution is 5.31. The number of hydrogen-bond donors (Lipinski definition) is 1. The van der Waals surface area contributed by atoms with Gasteiger partial charge in [0.1, 0.15) is 17.6 Å². The zero-order valence-electron chi connectivity index (χ0n) is 8.85. The summed E-state index contributed by atoms with van der Waals surface area (Å²) < 4.78 is 10.7. The first-order valence-electron chi connectivity index (χ1n) is 5.28. The average molecular weight is 208 g/mol. The molecule has 0 heterocycles. The maximum absolute atomic E-state index is 9.60. The average Bonchev–Trinajstić information content (AvgIpc) is 2.66. The molecule has 1 aromatic rings. The molecule has 1 saturated carbocycles. The van der Waals surface area contributed by atoms with Gasteiger partial charge in [0.15, 0.2) is 0 Å². The van der Waals surface area contributed by atoms with Crippen molar-refractivity contribution in [3.05, 3.63) is 24.3 Å². The first kappa shape index (κ1) is 10.3. The van der Waals surface area contributed by atoms with Crippen molar-refractivity contribution in [3.63, 3.8) is 0 Å². The number of rotatable bonds is 3. The van der Waals surface area contributed by atoms with Gasteiger partial charge >= 0.3 is 0 Å². The normalized spacial score (nSPS) is 25.2. The van der Waals surface area contributed by atoms with Crippen molar-refractivity contribution in [2.24, 2.45) is 0 Å². The first-order chi connectivity index (χ1) is 7.29. The Hall–Kier alpha value is -1.22. The molecular weight excluding hydrogens is 192 g/mol. The number of ether oxygens (including phenoxy) is 2. The Labute approximate surface area is 89.6 Å². The Morgan fingerprint density at radius 1 is 1.13 bits per heavy atom. The van der Waals surface area contributed by atoms with Crippen molar-refractivity contribution >= 4 is 0 Å². The molecule has 1 aliphatic carbocycles. The largest absolute Gasteiger partial charge is 0.497 e. The lowest BCUT2D eigenvalue weighted by Crippen LogP contribution is -2.25. The maximum Gasteiger partial charge on any atom is 0.124 e. The summed E-state index contributed by atoms with van der Waals surface area (Å²) in [6, 6.07) is 7.45. The highest BCUT2D eigenvalue weighted by atomic mass is 16.5. The molecule has 3 nitrogen and oxygen atoms in total. The molecule has 2 rings (SSSR count). The van der Waals surface area contributed by atoms with Crippen LogP contribution in [-0.2, 0) is 0 Å². The predicted molar refractivity (Wildman–Crippen MR) is 57.3 cm³/mol. The smallest absolute Gasteiger partial charge is 0.124 e. The van der Waals surface area contributed by atoms with Crippen LogP contribution in [0.5, 0.6) is 11.5 Å². The van der Waals surface area contributed by atoms with Gasteiger partial charge in [0.2, 0.25) is 0 Å². The first-order valence-corrected chi connectivity index (χ1v) is 5.28. The van der Waals surface area contributed by atoms with Crippen molar-refractivity contribution in [2.45, 2.75) is 31.5 Å². The summed E-state index contributed by atoms with van der Waals surface area (Å²) in [5.41, 5.74) is 0. The fourth-order valence-electron chi connectivity index (χ4n) is 1.87. The number of hydrogen-bond acceptors (Lipinski definition) is 3. The highest BCUT2D eigenvalue weighted by Gasteiger charge is 2.26. The lowest BCUT2D eigenvalue weighted by Gasteiger charge is -2.17. The topological polar surface area (TPSA) is 38.7 Å². The molecule has 0 saturated heterocycles. The number of methoxy groups -OCH3 is 1. The van der Waals surface area contributed by atoms with Gasteiger partial charge in [-0.2, -0.15) is 0 Å². The van der Waals surface area contributed by atoms with Crippen LogP contribution in [0.2, 0.25) is 0 Å². The van der Waals surface area contributed by atoms with E-state index in [0.29, 0.717) is 0 Å². The standard InChI is InChI=1S/C12H16O3/c1-14-9-5-7-10(8-6-9)15-12-4-2-3-11(12)13/h5-8,11-13H,2-4H2,1H3. The molecule has 0 spiro atoms. The van der Waals surface area contributed by atoms with Crippen molar-refractivity contribution in [3.8, 4) is 11.5 Å². The number of aliphatic hydroxyl groups is 1. The molecule has 2 unspecified atom stereocenters. The molecule has 0 aliphatic heterocycles. The SMILES string of the molecule is COc1ccc(OC2CCCC2O)cc1. The van der Waals surface area contributed by atoms with Crippen LogP contribution in [-0.4, -0.2) is 24.4 Å². The van der Waals surface area contributed by atoms with Crippen LogP contribution < -0.4 is 9.47 Å². The lowest BCUT2D eigenvalue weighted by atomic mass is 10.2. The minimum atomic E-state index is -0.313. The quantitative estimate of drug-likeness (QED) is 0.825. The minimum absolute atomic E-state index is 0.0432. The van der Waals surface area contributed by atoms with E-state index in [1.54, 1.807) is 7.11 Å². The van der Waals surface area contributed by atoms with E-state index in [0.717, 1.165) is 30.8 Å². The Bertz CT molecular complexity index is 307. The molecule has 1 N–H and O–H groups in total. The van der Waals surface area contributed by atoms with Gasteiger partial charge in [-0.3, -0.25) is 0 Å².